The molecule has 77 heavy (non-hydrogen) atoms. The molecule has 0 saturated carbocycles. The van der Waals surface area contributed by atoms with Crippen LogP contribution in [-0.2, 0) is 49.5 Å². The average molecular weight is 1100 g/mol. The summed E-state index contributed by atoms with van der Waals surface area (Å²) in [5.74, 6) is -1.94. The number of aliphatic hydroxyl groups is 2. The molecule has 2 aromatic carbocycles. The van der Waals surface area contributed by atoms with E-state index in [4.69, 9.17) is 28.4 Å². The largest absolute Gasteiger partial charge is 0.497 e. The van der Waals surface area contributed by atoms with Gasteiger partial charge in [-0.25, -0.2) is 0 Å². The Balaban J connectivity index is 1.55. The lowest BCUT2D eigenvalue weighted by molar-refractivity contribution is -0.201. The van der Waals surface area contributed by atoms with Crippen molar-refractivity contribution in [1.29, 1.82) is 0 Å². The number of nitrogens with one attached hydrogen (secondary N) is 1. The van der Waals surface area contributed by atoms with Gasteiger partial charge in [0.05, 0.1) is 51.4 Å². The van der Waals surface area contributed by atoms with Crippen LogP contribution < -0.4 is 10.1 Å². The van der Waals surface area contributed by atoms with E-state index in [1.54, 1.807) is 7.11 Å². The molecule has 0 aromatic heterocycles. The second-order valence-corrected chi connectivity index (χ2v) is 22.6. The standard InChI is InChI=1S/C63H103NO12S/c1-6-8-10-12-14-16-18-20-21-22-24-26-28-30-35-39-57(67)64-54(46-65)62(74-50(4)66)55(38-34-29-27-25-23-19-17-15-13-11-9-7-2)75-59(69)45-44-58(68)72-48-56-60(70)49(3)61(63(76-56)77-53-36-32-31-33-37-53)73-47-51-40-42-52(71-5)43-41-51/h31-33,36-37,40-43,49,54-56,60-63,65,70H,6-30,34-35,38-39,44-48H2,1-5H3,(H,64,67)/t49-,54-,55+,56?,60+,61?,62-,63-/m0/s1. The predicted molar refractivity (Wildman–Crippen MR) is 308 cm³/mol. The van der Waals surface area contributed by atoms with Crippen molar-refractivity contribution in [3.05, 3.63) is 60.2 Å². The summed E-state index contributed by atoms with van der Waals surface area (Å²) >= 11 is 1.46. The van der Waals surface area contributed by atoms with Crippen molar-refractivity contribution >= 4 is 35.6 Å². The van der Waals surface area contributed by atoms with Gasteiger partial charge in [-0.1, -0.05) is 223 Å². The molecule has 438 valence electrons. The molecule has 3 N–H and O–H groups in total. The number of carbonyl (C=O) groups excluding carboxylic acids is 4. The van der Waals surface area contributed by atoms with E-state index >= 15 is 0 Å². The van der Waals surface area contributed by atoms with E-state index in [0.29, 0.717) is 19.3 Å². The molecule has 1 aliphatic rings. The number of hydrogen-bond acceptors (Lipinski definition) is 13. The molecule has 14 heteroatoms. The van der Waals surface area contributed by atoms with Crippen LogP contribution in [0.15, 0.2) is 59.5 Å². The number of thioether (sulfide) groups is 1. The van der Waals surface area contributed by atoms with Crippen molar-refractivity contribution in [1.82, 2.24) is 5.32 Å². The van der Waals surface area contributed by atoms with E-state index in [-0.39, 0.29) is 38.4 Å². The summed E-state index contributed by atoms with van der Waals surface area (Å²) in [5, 5.41) is 25.0. The first-order valence-electron chi connectivity index (χ1n) is 30.2. The van der Waals surface area contributed by atoms with Crippen LogP contribution in [0.4, 0.5) is 0 Å². The Labute approximate surface area is 469 Å². The molecule has 1 heterocycles. The van der Waals surface area contributed by atoms with Crippen LogP contribution in [0.25, 0.3) is 0 Å². The van der Waals surface area contributed by atoms with Gasteiger partial charge in [0.15, 0.2) is 6.10 Å². The minimum Gasteiger partial charge on any atom is -0.497 e. The Hall–Kier alpha value is -3.69. The third kappa shape index (κ3) is 30.5. The lowest BCUT2D eigenvalue weighted by Gasteiger charge is -2.43. The van der Waals surface area contributed by atoms with Crippen LogP contribution >= 0.6 is 11.8 Å². The summed E-state index contributed by atoms with van der Waals surface area (Å²) in [4.78, 5) is 53.7. The van der Waals surface area contributed by atoms with Crippen molar-refractivity contribution < 1.29 is 57.8 Å². The average Bonchev–Trinajstić information content (AvgIpc) is 3.43. The van der Waals surface area contributed by atoms with Crippen molar-refractivity contribution in [2.75, 3.05) is 20.3 Å². The number of methoxy groups -OCH3 is 1. The van der Waals surface area contributed by atoms with Crippen LogP contribution in [0.1, 0.15) is 232 Å². The van der Waals surface area contributed by atoms with Gasteiger partial charge in [-0.15, -0.1) is 0 Å². The SMILES string of the molecule is CCCCCCCCCCCCCCCCCC(=O)N[C@@H](CO)[C@H](OC(C)=O)[C@@H](CCCCCCCCCCCCCC)OC(=O)CCC(=O)OCC1O[C@@H](Sc2ccccc2)C(OCc2ccc(OC)cc2)[C@@H](C)[C@H]1O. The fourth-order valence-corrected chi connectivity index (χ4v) is 11.3. The molecule has 0 aliphatic carbocycles. The number of ether oxygens (including phenoxy) is 6. The first-order chi connectivity index (χ1) is 37.5. The monoisotopic (exact) mass is 1100 g/mol. The Morgan fingerprint density at radius 1 is 0.649 bits per heavy atom. The van der Waals surface area contributed by atoms with Crippen LogP contribution in [-0.4, -0.2) is 96.3 Å². The highest BCUT2D eigenvalue weighted by molar-refractivity contribution is 7.99. The predicted octanol–water partition coefficient (Wildman–Crippen LogP) is 14.1. The van der Waals surface area contributed by atoms with E-state index in [1.807, 2.05) is 61.5 Å². The lowest BCUT2D eigenvalue weighted by atomic mass is 9.91. The van der Waals surface area contributed by atoms with Gasteiger partial charge in [0.1, 0.15) is 30.0 Å². The Morgan fingerprint density at radius 2 is 1.16 bits per heavy atom. The van der Waals surface area contributed by atoms with E-state index in [1.165, 1.54) is 134 Å². The van der Waals surface area contributed by atoms with Crippen LogP contribution in [0.3, 0.4) is 0 Å². The number of unbranched alkanes of at least 4 members (excludes halogenated alkanes) is 25. The second kappa shape index (κ2) is 43.2. The molecule has 1 saturated heterocycles. The highest BCUT2D eigenvalue weighted by Crippen LogP contribution is 2.38. The quantitative estimate of drug-likeness (QED) is 0.0325. The van der Waals surface area contributed by atoms with E-state index in [2.05, 4.69) is 19.2 Å². The Morgan fingerprint density at radius 3 is 1.66 bits per heavy atom. The van der Waals surface area contributed by atoms with Crippen molar-refractivity contribution in [2.45, 2.75) is 280 Å². The smallest absolute Gasteiger partial charge is 0.306 e. The normalized spacial score (nSPS) is 18.5. The number of aliphatic hydroxyl groups excluding tert-OH is 2. The molecule has 0 radical (unpaired) electrons. The van der Waals surface area contributed by atoms with Gasteiger partial charge in [-0.3, -0.25) is 19.2 Å². The number of esters is 3. The topological polar surface area (TPSA) is 176 Å². The molecule has 1 amide bonds. The first-order valence-corrected chi connectivity index (χ1v) is 31.1. The maximum Gasteiger partial charge on any atom is 0.306 e. The summed E-state index contributed by atoms with van der Waals surface area (Å²) in [6.07, 6.45) is 27.4. The van der Waals surface area contributed by atoms with Crippen LogP contribution in [0, 0.1) is 5.92 Å². The summed E-state index contributed by atoms with van der Waals surface area (Å²) in [5.41, 5.74) is 0.394. The Bertz CT molecular complexity index is 1820. The molecular formula is C63H103NO12S. The number of hydrogen-bond donors (Lipinski definition) is 3. The molecule has 3 rings (SSSR count). The Kier molecular flexibility index (Phi) is 37.9. The fourth-order valence-electron chi connectivity index (χ4n) is 10.1. The molecule has 1 fully saturated rings. The van der Waals surface area contributed by atoms with Gasteiger partial charge < -0.3 is 44.0 Å². The van der Waals surface area contributed by atoms with Crippen LogP contribution in [0.2, 0.25) is 0 Å². The number of benzene rings is 2. The maximum absolute atomic E-state index is 13.6. The molecule has 0 bridgehead atoms. The van der Waals surface area contributed by atoms with Gasteiger partial charge >= 0.3 is 17.9 Å². The van der Waals surface area contributed by atoms with Crippen LogP contribution in [0.5, 0.6) is 5.75 Å². The minimum absolute atomic E-state index is 0.246. The molecule has 13 nitrogen and oxygen atoms in total. The van der Waals surface area contributed by atoms with Gasteiger partial charge in [-0.05, 0) is 49.1 Å². The molecule has 1 aliphatic heterocycles. The highest BCUT2D eigenvalue weighted by atomic mass is 32.2. The fraction of sp³-hybridized carbons (Fsp3) is 0.746. The van der Waals surface area contributed by atoms with Gasteiger partial charge in [0, 0.05) is 24.2 Å². The minimum atomic E-state index is -1.15. The number of carbonyl (C=O) groups is 4. The molecule has 2 unspecified atom stereocenters. The molecule has 2 aromatic rings. The summed E-state index contributed by atoms with van der Waals surface area (Å²) < 4.78 is 35.6. The third-order valence-electron chi connectivity index (χ3n) is 14.8. The van der Waals surface area contributed by atoms with Crippen molar-refractivity contribution in [3.8, 4) is 5.75 Å². The highest BCUT2D eigenvalue weighted by Gasteiger charge is 2.45. The molecule has 8 atom stereocenters. The maximum atomic E-state index is 13.6. The zero-order chi connectivity index (χ0) is 55.7. The molecular weight excluding hydrogens is 995 g/mol. The van der Waals surface area contributed by atoms with Crippen molar-refractivity contribution in [3.63, 3.8) is 0 Å². The zero-order valence-electron chi connectivity index (χ0n) is 48.2. The van der Waals surface area contributed by atoms with Gasteiger partial charge in [0.25, 0.3) is 0 Å². The summed E-state index contributed by atoms with van der Waals surface area (Å²) in [7, 11) is 1.61. The first kappa shape index (κ1) is 67.6. The third-order valence-corrected chi connectivity index (χ3v) is 16.0. The molecule has 0 spiro atoms. The summed E-state index contributed by atoms with van der Waals surface area (Å²) in [6, 6.07) is 16.3. The van der Waals surface area contributed by atoms with Gasteiger partial charge in [-0.2, -0.15) is 0 Å². The van der Waals surface area contributed by atoms with E-state index < -0.39 is 72.4 Å². The van der Waals surface area contributed by atoms with E-state index in [0.717, 1.165) is 61.2 Å². The number of amides is 1. The zero-order valence-corrected chi connectivity index (χ0v) is 49.1. The summed E-state index contributed by atoms with van der Waals surface area (Å²) in [6.45, 7) is 7.14. The second-order valence-electron chi connectivity index (χ2n) is 21.5. The van der Waals surface area contributed by atoms with Gasteiger partial charge in [0.2, 0.25) is 5.91 Å². The van der Waals surface area contributed by atoms with Crippen molar-refractivity contribution in [2.24, 2.45) is 5.92 Å². The van der Waals surface area contributed by atoms with E-state index in [9.17, 15) is 29.4 Å². The number of rotatable bonds is 46. The lowest BCUT2D eigenvalue weighted by Crippen LogP contribution is -2.54.